The van der Waals surface area contributed by atoms with Crippen LogP contribution in [0.25, 0.3) is 0 Å². The molecule has 0 bridgehead atoms. The number of amides is 1. The summed E-state index contributed by atoms with van der Waals surface area (Å²) in [5.41, 5.74) is 1.43. The fourth-order valence-electron chi connectivity index (χ4n) is 2.59. The Morgan fingerprint density at radius 1 is 1.09 bits per heavy atom. The number of carbonyl (C=O) groups excluding carboxylic acids is 3. The molecule has 1 heterocycles. The molecule has 1 N–H and O–H groups in total. The first kappa shape index (κ1) is 17.5. The first-order valence-corrected chi connectivity index (χ1v) is 8.65. The van der Waals surface area contributed by atoms with Gasteiger partial charge in [0.15, 0.2) is 0 Å². The van der Waals surface area contributed by atoms with E-state index in [9.17, 15) is 14.4 Å². The van der Waals surface area contributed by atoms with E-state index in [0.717, 1.165) is 36.1 Å². The Labute approximate surface area is 139 Å². The maximum Gasteiger partial charge on any atom is 0.341 e. The van der Waals surface area contributed by atoms with Crippen molar-refractivity contribution >= 4 is 34.2 Å². The Hall–Kier alpha value is -1.89. The fraction of sp³-hybridized carbons (Fsp3) is 0.562. The second-order valence-electron chi connectivity index (χ2n) is 5.17. The summed E-state index contributed by atoms with van der Waals surface area (Å²) in [6.45, 7) is 3.94. The van der Waals surface area contributed by atoms with E-state index in [0.29, 0.717) is 10.6 Å². The summed E-state index contributed by atoms with van der Waals surface area (Å²) >= 11 is 1.40. The van der Waals surface area contributed by atoms with Crippen LogP contribution in [0, 0.1) is 0 Å². The highest BCUT2D eigenvalue weighted by molar-refractivity contribution is 7.17. The highest BCUT2D eigenvalue weighted by Crippen LogP contribution is 2.38. The Bertz CT molecular complexity index is 608. The molecule has 7 heteroatoms. The van der Waals surface area contributed by atoms with Crippen LogP contribution in [0.2, 0.25) is 0 Å². The van der Waals surface area contributed by atoms with Crippen LogP contribution in [0.3, 0.4) is 0 Å². The van der Waals surface area contributed by atoms with Gasteiger partial charge >= 0.3 is 11.9 Å². The second kappa shape index (κ2) is 8.10. The molecule has 126 valence electrons. The molecule has 23 heavy (non-hydrogen) atoms. The molecule has 2 rings (SSSR count). The third-order valence-corrected chi connectivity index (χ3v) is 4.72. The average Bonchev–Trinajstić information content (AvgIpc) is 2.85. The molecule has 6 nitrogen and oxygen atoms in total. The van der Waals surface area contributed by atoms with Crippen molar-refractivity contribution in [2.45, 2.75) is 46.0 Å². The number of hydrogen-bond donors (Lipinski definition) is 1. The number of thiophene rings is 1. The number of nitrogens with one attached hydrogen (secondary N) is 1. The topological polar surface area (TPSA) is 81.7 Å². The summed E-state index contributed by atoms with van der Waals surface area (Å²) in [5.74, 6) is -1.48. The third kappa shape index (κ3) is 4.31. The Morgan fingerprint density at radius 3 is 2.48 bits per heavy atom. The quantitative estimate of drug-likeness (QED) is 0.636. The van der Waals surface area contributed by atoms with E-state index in [2.05, 4.69) is 5.32 Å². The van der Waals surface area contributed by atoms with Gasteiger partial charge in [0.2, 0.25) is 5.91 Å². The van der Waals surface area contributed by atoms with Crippen molar-refractivity contribution in [1.29, 1.82) is 0 Å². The summed E-state index contributed by atoms with van der Waals surface area (Å²) in [5, 5.41) is 3.15. The van der Waals surface area contributed by atoms with Crippen LogP contribution in [0.1, 0.15) is 53.9 Å². The van der Waals surface area contributed by atoms with E-state index >= 15 is 0 Å². The van der Waals surface area contributed by atoms with Gasteiger partial charge in [-0.05, 0) is 45.1 Å². The lowest BCUT2D eigenvalue weighted by molar-refractivity contribution is -0.145. The van der Waals surface area contributed by atoms with Gasteiger partial charge in [-0.15, -0.1) is 11.3 Å². The minimum absolute atomic E-state index is 0.230. The molecular weight excluding hydrogens is 318 g/mol. The first-order valence-electron chi connectivity index (χ1n) is 7.83. The van der Waals surface area contributed by atoms with Crippen molar-refractivity contribution in [2.24, 2.45) is 0 Å². The zero-order valence-electron chi connectivity index (χ0n) is 13.4. The van der Waals surface area contributed by atoms with Crippen molar-refractivity contribution in [1.82, 2.24) is 0 Å². The molecule has 1 amide bonds. The van der Waals surface area contributed by atoms with Crippen molar-refractivity contribution in [3.63, 3.8) is 0 Å². The molecule has 0 saturated heterocycles. The Kier molecular flexibility index (Phi) is 6.15. The number of carbonyl (C=O) groups is 3. The van der Waals surface area contributed by atoms with Crippen molar-refractivity contribution in [2.75, 3.05) is 18.5 Å². The summed E-state index contributed by atoms with van der Waals surface area (Å²) < 4.78 is 9.88. The molecule has 0 atom stereocenters. The van der Waals surface area contributed by atoms with E-state index in [1.807, 2.05) is 0 Å². The number of rotatable bonds is 6. The molecule has 0 aromatic carbocycles. The van der Waals surface area contributed by atoms with E-state index in [1.54, 1.807) is 13.8 Å². The lowest BCUT2D eigenvalue weighted by Crippen LogP contribution is -2.19. The molecule has 0 radical (unpaired) electrons. The summed E-state index contributed by atoms with van der Waals surface area (Å²) in [7, 11) is 0. The van der Waals surface area contributed by atoms with Crippen LogP contribution in [0.4, 0.5) is 5.00 Å². The van der Waals surface area contributed by atoms with Crippen LogP contribution in [0.15, 0.2) is 0 Å². The average molecular weight is 339 g/mol. The van der Waals surface area contributed by atoms with Gasteiger partial charge in [-0.25, -0.2) is 4.79 Å². The van der Waals surface area contributed by atoms with E-state index < -0.39 is 17.8 Å². The molecule has 0 fully saturated rings. The maximum atomic E-state index is 12.2. The van der Waals surface area contributed by atoms with Crippen LogP contribution < -0.4 is 5.32 Å². The number of ether oxygens (including phenoxy) is 2. The van der Waals surface area contributed by atoms with Gasteiger partial charge in [-0.2, -0.15) is 0 Å². The Morgan fingerprint density at radius 2 is 1.78 bits per heavy atom. The van der Waals surface area contributed by atoms with E-state index in [4.69, 9.17) is 9.47 Å². The molecule has 0 saturated carbocycles. The molecule has 0 unspecified atom stereocenters. The summed E-state index contributed by atoms with van der Waals surface area (Å²) in [4.78, 5) is 36.7. The number of esters is 2. The first-order chi connectivity index (χ1) is 11.1. The van der Waals surface area contributed by atoms with Gasteiger partial charge in [0, 0.05) is 4.88 Å². The number of aryl methyl sites for hydroxylation is 1. The molecular formula is C16H21NO5S. The molecule has 0 aliphatic heterocycles. The highest BCUT2D eigenvalue weighted by atomic mass is 32.1. The van der Waals surface area contributed by atoms with E-state index in [-0.39, 0.29) is 19.6 Å². The highest BCUT2D eigenvalue weighted by Gasteiger charge is 2.27. The minimum Gasteiger partial charge on any atom is -0.466 e. The van der Waals surface area contributed by atoms with Gasteiger partial charge in [-0.1, -0.05) is 0 Å². The summed E-state index contributed by atoms with van der Waals surface area (Å²) in [6, 6.07) is 0. The zero-order valence-corrected chi connectivity index (χ0v) is 14.2. The van der Waals surface area contributed by atoms with Crippen LogP contribution >= 0.6 is 11.3 Å². The molecule has 1 aliphatic rings. The van der Waals surface area contributed by atoms with Crippen molar-refractivity contribution in [3.8, 4) is 0 Å². The second-order valence-corrected chi connectivity index (χ2v) is 6.27. The van der Waals surface area contributed by atoms with Gasteiger partial charge in [0.1, 0.15) is 11.4 Å². The van der Waals surface area contributed by atoms with Gasteiger partial charge < -0.3 is 14.8 Å². The number of fused-ring (bicyclic) bond motifs is 1. The predicted octanol–water partition coefficient (Wildman–Crippen LogP) is 2.70. The molecule has 1 aromatic rings. The van der Waals surface area contributed by atoms with Crippen LogP contribution in [-0.2, 0) is 31.9 Å². The minimum atomic E-state index is -0.580. The zero-order chi connectivity index (χ0) is 16.8. The van der Waals surface area contributed by atoms with E-state index in [1.165, 1.54) is 11.3 Å². The van der Waals surface area contributed by atoms with Gasteiger partial charge in [-0.3, -0.25) is 9.59 Å². The maximum absolute atomic E-state index is 12.2. The van der Waals surface area contributed by atoms with Gasteiger partial charge in [0.25, 0.3) is 0 Å². The number of hydrogen-bond acceptors (Lipinski definition) is 6. The monoisotopic (exact) mass is 339 g/mol. The lowest BCUT2D eigenvalue weighted by atomic mass is 9.95. The number of anilines is 1. The summed E-state index contributed by atoms with van der Waals surface area (Å²) in [6.07, 6.45) is 3.45. The third-order valence-electron chi connectivity index (χ3n) is 3.51. The van der Waals surface area contributed by atoms with Crippen LogP contribution in [0.5, 0.6) is 0 Å². The predicted molar refractivity (Wildman–Crippen MR) is 86.8 cm³/mol. The van der Waals surface area contributed by atoms with Crippen molar-refractivity contribution in [3.05, 3.63) is 16.0 Å². The molecule has 1 aromatic heterocycles. The standard InChI is InChI=1S/C16H21NO5S/c1-3-21-13(19)9-12(18)17-15-14(16(20)22-4-2)10-7-5-6-8-11(10)23-15/h3-9H2,1-2H3,(H,17,18). The largest absolute Gasteiger partial charge is 0.466 e. The molecule has 1 aliphatic carbocycles. The Balaban J connectivity index is 2.20. The smallest absolute Gasteiger partial charge is 0.341 e. The normalized spacial score (nSPS) is 13.1. The lowest BCUT2D eigenvalue weighted by Gasteiger charge is -2.12. The molecule has 0 spiro atoms. The SMILES string of the molecule is CCOC(=O)CC(=O)Nc1sc2c(c1C(=O)OCC)CCCC2. The fourth-order valence-corrected chi connectivity index (χ4v) is 3.88. The van der Waals surface area contributed by atoms with Crippen molar-refractivity contribution < 1.29 is 23.9 Å². The van der Waals surface area contributed by atoms with Crippen LogP contribution in [-0.4, -0.2) is 31.1 Å². The van der Waals surface area contributed by atoms with Gasteiger partial charge in [0.05, 0.1) is 18.8 Å².